The van der Waals surface area contributed by atoms with Crippen LogP contribution in [0.25, 0.3) is 0 Å². The number of amides is 1. The molecule has 2 fully saturated rings. The first-order valence-corrected chi connectivity index (χ1v) is 20.0. The van der Waals surface area contributed by atoms with Crippen molar-refractivity contribution in [2.45, 2.75) is 141 Å². The van der Waals surface area contributed by atoms with Crippen LogP contribution in [0.5, 0.6) is 0 Å². The molecule has 286 valence electrons. The molecule has 2 aliphatic heterocycles. The lowest BCUT2D eigenvalue weighted by Gasteiger charge is -2.39. The van der Waals surface area contributed by atoms with Crippen molar-refractivity contribution in [3.8, 4) is 0 Å². The van der Waals surface area contributed by atoms with Crippen molar-refractivity contribution in [2.75, 3.05) is 13.2 Å². The molecule has 52 heavy (non-hydrogen) atoms. The molecule has 0 bridgehead atoms. The Morgan fingerprint density at radius 3 is 1.90 bits per heavy atom. The minimum atomic E-state index is -2.32. The first-order chi connectivity index (χ1) is 25.1. The van der Waals surface area contributed by atoms with Crippen LogP contribution in [0, 0.1) is 11.8 Å². The lowest BCUT2D eigenvalue weighted by Crippen LogP contribution is -2.56. The fourth-order valence-electron chi connectivity index (χ4n) is 8.06. The van der Waals surface area contributed by atoms with Gasteiger partial charge in [0.05, 0.1) is 25.2 Å². The number of allylic oxidation sites excluding steroid dienone is 1. The van der Waals surface area contributed by atoms with Gasteiger partial charge in [0.1, 0.15) is 0 Å². The van der Waals surface area contributed by atoms with Crippen LogP contribution in [0.15, 0.2) is 72.8 Å². The smallest absolute Gasteiger partial charge is 0.336 e. The topological polar surface area (TPSA) is 106 Å². The number of nitrogens with zero attached hydrogens (tertiary/aromatic N) is 1. The first-order valence-electron chi connectivity index (χ1n) is 19.6. The van der Waals surface area contributed by atoms with E-state index in [1.165, 1.54) is 30.6 Å². The maximum atomic E-state index is 14.8. The Balaban J connectivity index is 1.49. The summed E-state index contributed by atoms with van der Waals surface area (Å²) in [6, 6.07) is 18.8. The minimum Gasteiger partial charge on any atom is -0.479 e. The first kappa shape index (κ1) is 41.6. The van der Waals surface area contributed by atoms with E-state index in [0.29, 0.717) is 26.1 Å². The minimum absolute atomic E-state index is 0.0343. The quantitative estimate of drug-likeness (QED) is 0.0701. The van der Waals surface area contributed by atoms with Gasteiger partial charge in [0.25, 0.3) is 5.17 Å². The average Bonchev–Trinajstić information content (AvgIpc) is 3.74. The SMILES string of the molecule is CCCCCCCC1(CCCCCCC=C[C@H](C(=O)N2C(=S)OC(c3ccccc3)(c3ccccc3)[C@@H]2C(C)C)[C@@](O)(CCC)C(=O)O)OCCO1. The highest BCUT2D eigenvalue weighted by molar-refractivity contribution is 7.80. The van der Waals surface area contributed by atoms with Crippen molar-refractivity contribution in [1.82, 2.24) is 4.90 Å². The fraction of sp³-hybridized carbons (Fsp3) is 0.605. The van der Waals surface area contributed by atoms with Gasteiger partial charge in [-0.25, -0.2) is 4.79 Å². The Labute approximate surface area is 316 Å². The number of ether oxygens (including phenoxy) is 3. The van der Waals surface area contributed by atoms with Crippen LogP contribution in [0.4, 0.5) is 0 Å². The van der Waals surface area contributed by atoms with Gasteiger partial charge in [0, 0.05) is 24.0 Å². The lowest BCUT2D eigenvalue weighted by molar-refractivity contribution is -0.169. The Kier molecular flexibility index (Phi) is 15.9. The predicted molar refractivity (Wildman–Crippen MR) is 209 cm³/mol. The number of hydrogen-bond donors (Lipinski definition) is 2. The van der Waals surface area contributed by atoms with Crippen molar-refractivity contribution in [3.63, 3.8) is 0 Å². The Bertz CT molecular complexity index is 1400. The van der Waals surface area contributed by atoms with Gasteiger partial charge < -0.3 is 24.4 Å². The normalized spacial score (nSPS) is 19.9. The number of benzene rings is 2. The molecule has 9 heteroatoms. The van der Waals surface area contributed by atoms with E-state index < -0.39 is 40.8 Å². The number of thiocarbonyl (C=S) groups is 1. The fourth-order valence-corrected chi connectivity index (χ4v) is 8.39. The molecule has 0 unspecified atom stereocenters. The summed E-state index contributed by atoms with van der Waals surface area (Å²) in [5.74, 6) is -3.98. The van der Waals surface area contributed by atoms with Gasteiger partial charge in [-0.2, -0.15) is 0 Å². The third-order valence-electron chi connectivity index (χ3n) is 10.7. The molecule has 2 aromatic carbocycles. The van der Waals surface area contributed by atoms with Crippen LogP contribution in [0.1, 0.15) is 129 Å². The number of hydrogen-bond acceptors (Lipinski definition) is 7. The highest BCUT2D eigenvalue weighted by Gasteiger charge is 2.60. The molecule has 2 N–H and O–H groups in total. The second kappa shape index (κ2) is 19.8. The van der Waals surface area contributed by atoms with Gasteiger partial charge in [-0.3, -0.25) is 9.69 Å². The monoisotopic (exact) mass is 735 g/mol. The largest absolute Gasteiger partial charge is 0.479 e. The number of carbonyl (C=O) groups is 2. The van der Waals surface area contributed by atoms with Crippen LogP contribution in [-0.4, -0.2) is 62.8 Å². The number of carbonyl (C=O) groups excluding carboxylic acids is 1. The zero-order valence-corrected chi connectivity index (χ0v) is 32.6. The van der Waals surface area contributed by atoms with Gasteiger partial charge >= 0.3 is 5.97 Å². The highest BCUT2D eigenvalue weighted by Crippen LogP contribution is 2.48. The summed E-state index contributed by atoms with van der Waals surface area (Å²) in [5.41, 5.74) is -1.80. The summed E-state index contributed by atoms with van der Waals surface area (Å²) in [6.45, 7) is 9.35. The van der Waals surface area contributed by atoms with E-state index in [9.17, 15) is 19.8 Å². The zero-order chi connectivity index (χ0) is 37.6. The third kappa shape index (κ3) is 9.70. The molecule has 2 aromatic rings. The number of carboxylic acids is 1. The second-order valence-corrected chi connectivity index (χ2v) is 15.2. The van der Waals surface area contributed by atoms with Gasteiger partial charge in [-0.15, -0.1) is 0 Å². The average molecular weight is 736 g/mol. The number of aliphatic carboxylic acids is 1. The van der Waals surface area contributed by atoms with Gasteiger partial charge in [0.2, 0.25) is 5.91 Å². The van der Waals surface area contributed by atoms with Crippen molar-refractivity contribution in [3.05, 3.63) is 83.9 Å². The van der Waals surface area contributed by atoms with Crippen molar-refractivity contribution in [2.24, 2.45) is 11.8 Å². The van der Waals surface area contributed by atoms with Gasteiger partial charge in [-0.1, -0.05) is 145 Å². The molecule has 3 atom stereocenters. The van der Waals surface area contributed by atoms with Gasteiger partial charge in [0.15, 0.2) is 17.0 Å². The molecule has 8 nitrogen and oxygen atoms in total. The van der Waals surface area contributed by atoms with Crippen molar-refractivity contribution < 1.29 is 34.0 Å². The summed E-state index contributed by atoms with van der Waals surface area (Å²) in [6.07, 6.45) is 16.2. The van der Waals surface area contributed by atoms with Crippen LogP contribution in [0.3, 0.4) is 0 Å². The molecular weight excluding hydrogens is 675 g/mol. The van der Waals surface area contributed by atoms with E-state index in [2.05, 4.69) is 6.92 Å². The summed E-state index contributed by atoms with van der Waals surface area (Å²) >= 11 is 5.83. The summed E-state index contributed by atoms with van der Waals surface area (Å²) in [7, 11) is 0. The zero-order valence-electron chi connectivity index (χ0n) is 31.8. The standard InChI is InChI=1S/C43H61NO7S/c1-5-7-8-12-21-29-41(49-31-32-50-41)30-22-13-10-9-11-20-27-36(42(48,28-6-2)39(46)47)38(45)44-37(33(3)4)43(51-40(44)52,34-23-16-14-17-24-34)35-25-18-15-19-26-35/h14-20,23-27,33,36-37,48H,5-13,21-22,28-32H2,1-4H3,(H,46,47)/t36-,37+,42+/m1/s1. The summed E-state index contributed by atoms with van der Waals surface area (Å²) in [5, 5.41) is 22.1. The van der Waals surface area contributed by atoms with E-state index in [4.69, 9.17) is 26.4 Å². The summed E-state index contributed by atoms with van der Waals surface area (Å²) < 4.78 is 18.8. The van der Waals surface area contributed by atoms with Crippen LogP contribution >= 0.6 is 12.2 Å². The lowest BCUT2D eigenvalue weighted by atomic mass is 9.75. The molecule has 0 radical (unpaired) electrons. The molecule has 2 aliphatic rings. The van der Waals surface area contributed by atoms with E-state index in [1.54, 1.807) is 13.0 Å². The number of unbranched alkanes of at least 4 members (excludes halogenated alkanes) is 8. The van der Waals surface area contributed by atoms with E-state index in [0.717, 1.165) is 56.1 Å². The van der Waals surface area contributed by atoms with Crippen LogP contribution in [0.2, 0.25) is 0 Å². The predicted octanol–water partition coefficient (Wildman–Crippen LogP) is 9.33. The molecule has 0 saturated carbocycles. The molecule has 4 rings (SSSR count). The maximum absolute atomic E-state index is 14.8. The van der Waals surface area contributed by atoms with E-state index >= 15 is 0 Å². The van der Waals surface area contributed by atoms with Crippen molar-refractivity contribution >= 4 is 29.3 Å². The van der Waals surface area contributed by atoms with E-state index in [1.807, 2.05) is 80.6 Å². The Morgan fingerprint density at radius 1 is 0.865 bits per heavy atom. The maximum Gasteiger partial charge on any atom is 0.336 e. The van der Waals surface area contributed by atoms with E-state index in [-0.39, 0.29) is 17.5 Å². The Morgan fingerprint density at radius 2 is 1.40 bits per heavy atom. The molecule has 2 heterocycles. The number of carboxylic acid groups (broad SMARTS) is 1. The van der Waals surface area contributed by atoms with Crippen LogP contribution in [-0.2, 0) is 29.4 Å². The molecular formula is C43H61NO7S. The molecule has 1 amide bonds. The Hall–Kier alpha value is -3.11. The molecule has 0 aromatic heterocycles. The molecule has 0 spiro atoms. The third-order valence-corrected chi connectivity index (χ3v) is 11.0. The highest BCUT2D eigenvalue weighted by atomic mass is 32.1. The van der Waals surface area contributed by atoms with Gasteiger partial charge in [-0.05, 0) is 50.2 Å². The molecule has 2 saturated heterocycles. The van der Waals surface area contributed by atoms with Crippen molar-refractivity contribution in [1.29, 1.82) is 0 Å². The number of aliphatic hydroxyl groups is 1. The summed E-state index contributed by atoms with van der Waals surface area (Å²) in [4.78, 5) is 29.0. The van der Waals surface area contributed by atoms with Crippen LogP contribution < -0.4 is 0 Å². The number of rotatable bonds is 22. The molecule has 0 aliphatic carbocycles. The second-order valence-electron chi connectivity index (χ2n) is 14.8.